The minimum absolute atomic E-state index is 0.0294. The van der Waals surface area contributed by atoms with Gasteiger partial charge in [0.25, 0.3) is 0 Å². The van der Waals surface area contributed by atoms with E-state index in [1.54, 1.807) is 48.5 Å². The van der Waals surface area contributed by atoms with Crippen molar-refractivity contribution >= 4 is 43.5 Å². The number of ether oxygens (including phenoxy) is 2. The first kappa shape index (κ1) is 28.0. The molecule has 0 unspecified atom stereocenters. The van der Waals surface area contributed by atoms with Gasteiger partial charge in [0.15, 0.2) is 0 Å². The number of carbonyl (C=O) groups is 2. The molecule has 2 aromatic rings. The highest BCUT2D eigenvalue weighted by molar-refractivity contribution is 7.90. The Morgan fingerprint density at radius 3 is 1.31 bits per heavy atom. The SMILES string of the molecule is COCCS(=O)(=O)NC(=O)Nc1ccc(Cc2ccc(NC(=O)NS(=O)(=O)CCOC)cc2)cc1. The van der Waals surface area contributed by atoms with Gasteiger partial charge in [0, 0.05) is 25.6 Å². The van der Waals surface area contributed by atoms with Crippen molar-refractivity contribution in [1.29, 1.82) is 0 Å². The van der Waals surface area contributed by atoms with Crippen molar-refractivity contribution in [2.75, 3.05) is 49.6 Å². The van der Waals surface area contributed by atoms with Gasteiger partial charge < -0.3 is 20.1 Å². The fourth-order valence-electron chi connectivity index (χ4n) is 2.73. The number of rotatable bonds is 12. The minimum atomic E-state index is -3.79. The number of benzene rings is 2. The maximum atomic E-state index is 11.9. The number of amides is 4. The Bertz CT molecular complexity index is 1100. The molecule has 0 aliphatic rings. The third-order valence-corrected chi connectivity index (χ3v) is 6.84. The van der Waals surface area contributed by atoms with Crippen LogP contribution in [0.2, 0.25) is 0 Å². The van der Waals surface area contributed by atoms with E-state index in [0.717, 1.165) is 11.1 Å². The summed E-state index contributed by atoms with van der Waals surface area (Å²) in [6.07, 6.45) is 0.551. The second kappa shape index (κ2) is 13.0. The summed E-state index contributed by atoms with van der Waals surface area (Å²) in [4.78, 5) is 23.8. The molecule has 0 spiro atoms. The lowest BCUT2D eigenvalue weighted by Crippen LogP contribution is -2.36. The quantitative estimate of drug-likeness (QED) is 0.321. The molecule has 4 N–H and O–H groups in total. The van der Waals surface area contributed by atoms with Crippen molar-refractivity contribution < 1.29 is 35.9 Å². The van der Waals surface area contributed by atoms with E-state index in [-0.39, 0.29) is 24.7 Å². The number of hydrogen-bond acceptors (Lipinski definition) is 8. The highest BCUT2D eigenvalue weighted by atomic mass is 32.2. The van der Waals surface area contributed by atoms with Crippen LogP contribution in [0.4, 0.5) is 21.0 Å². The van der Waals surface area contributed by atoms with Crippen LogP contribution in [0, 0.1) is 0 Å². The molecule has 14 heteroatoms. The Hall–Kier alpha value is -3.20. The first-order valence-electron chi connectivity index (χ1n) is 10.3. The minimum Gasteiger partial charge on any atom is -0.384 e. The van der Waals surface area contributed by atoms with Crippen LogP contribution in [0.5, 0.6) is 0 Å². The van der Waals surface area contributed by atoms with Crippen LogP contribution in [0.3, 0.4) is 0 Å². The fourth-order valence-corrected chi connectivity index (χ4v) is 4.37. The molecule has 4 amide bonds. The van der Waals surface area contributed by atoms with Crippen LogP contribution in [0.1, 0.15) is 11.1 Å². The van der Waals surface area contributed by atoms with E-state index < -0.39 is 32.1 Å². The predicted molar refractivity (Wildman–Crippen MR) is 131 cm³/mol. The third kappa shape index (κ3) is 10.7. The zero-order chi connectivity index (χ0) is 25.9. The molecule has 0 atom stereocenters. The number of methoxy groups -OCH3 is 2. The maximum Gasteiger partial charge on any atom is 0.332 e. The molecular formula is C21H28N4O8S2. The summed E-state index contributed by atoms with van der Waals surface area (Å²) in [6.45, 7) is -0.0589. The number of nitrogens with one attached hydrogen (secondary N) is 4. The Morgan fingerprint density at radius 1 is 0.657 bits per heavy atom. The zero-order valence-corrected chi connectivity index (χ0v) is 20.9. The summed E-state index contributed by atoms with van der Waals surface area (Å²) in [6, 6.07) is 11.9. The standard InChI is InChI=1S/C21H28N4O8S2/c1-32-11-13-34(28,29)24-20(26)22-18-7-3-16(4-8-18)15-17-5-9-19(10-6-17)23-21(27)25-35(30,31)14-12-33-2/h3-10H,11-15H2,1-2H3,(H2,22,24,26)(H2,23,25,27). The molecule has 12 nitrogen and oxygen atoms in total. The van der Waals surface area contributed by atoms with Crippen LogP contribution in [0.25, 0.3) is 0 Å². The lowest BCUT2D eigenvalue weighted by Gasteiger charge is -2.10. The molecule has 0 saturated carbocycles. The average molecular weight is 529 g/mol. The van der Waals surface area contributed by atoms with Gasteiger partial charge in [-0.05, 0) is 41.8 Å². The van der Waals surface area contributed by atoms with Gasteiger partial charge in [-0.2, -0.15) is 0 Å². The smallest absolute Gasteiger partial charge is 0.332 e. The summed E-state index contributed by atoms with van der Waals surface area (Å²) in [5.41, 5.74) is 2.68. The summed E-state index contributed by atoms with van der Waals surface area (Å²) in [5.74, 6) is -0.662. The molecule has 0 aliphatic carbocycles. The van der Waals surface area contributed by atoms with Crippen molar-refractivity contribution in [3.05, 3.63) is 59.7 Å². The van der Waals surface area contributed by atoms with E-state index in [0.29, 0.717) is 17.8 Å². The lowest BCUT2D eigenvalue weighted by molar-refractivity contribution is 0.216. The Morgan fingerprint density at radius 2 is 1.00 bits per heavy atom. The Labute approximate surface area is 204 Å². The molecule has 192 valence electrons. The zero-order valence-electron chi connectivity index (χ0n) is 19.2. The molecular weight excluding hydrogens is 500 g/mol. The van der Waals surface area contributed by atoms with Crippen molar-refractivity contribution in [3.63, 3.8) is 0 Å². The van der Waals surface area contributed by atoms with Crippen molar-refractivity contribution in [1.82, 2.24) is 9.44 Å². The Kier molecular flexibility index (Phi) is 10.4. The van der Waals surface area contributed by atoms with E-state index in [9.17, 15) is 26.4 Å². The van der Waals surface area contributed by atoms with E-state index in [1.165, 1.54) is 14.2 Å². The van der Waals surface area contributed by atoms with Crippen LogP contribution in [-0.2, 0) is 35.9 Å². The maximum absolute atomic E-state index is 11.9. The van der Waals surface area contributed by atoms with Gasteiger partial charge in [-0.3, -0.25) is 0 Å². The number of anilines is 2. The van der Waals surface area contributed by atoms with Crippen molar-refractivity contribution in [2.45, 2.75) is 6.42 Å². The van der Waals surface area contributed by atoms with Crippen LogP contribution in [0.15, 0.2) is 48.5 Å². The van der Waals surface area contributed by atoms with Crippen LogP contribution in [-0.4, -0.2) is 67.8 Å². The molecule has 0 heterocycles. The van der Waals surface area contributed by atoms with E-state index >= 15 is 0 Å². The van der Waals surface area contributed by atoms with E-state index in [4.69, 9.17) is 9.47 Å². The Balaban J connectivity index is 1.87. The number of urea groups is 2. The third-order valence-electron chi connectivity index (χ3n) is 4.44. The molecule has 0 aliphatic heterocycles. The van der Waals surface area contributed by atoms with Crippen LogP contribution < -0.4 is 20.1 Å². The van der Waals surface area contributed by atoms with Gasteiger partial charge in [-0.1, -0.05) is 24.3 Å². The summed E-state index contributed by atoms with van der Waals surface area (Å²) in [7, 11) is -4.85. The molecule has 0 aromatic heterocycles. The van der Waals surface area contributed by atoms with Crippen LogP contribution >= 0.6 is 0 Å². The van der Waals surface area contributed by atoms with Gasteiger partial charge in [0.05, 0.1) is 24.7 Å². The molecule has 0 fully saturated rings. The molecule has 0 bridgehead atoms. The second-order valence-electron chi connectivity index (χ2n) is 7.31. The van der Waals surface area contributed by atoms with Gasteiger partial charge in [0.1, 0.15) is 0 Å². The molecule has 0 radical (unpaired) electrons. The van der Waals surface area contributed by atoms with Crippen molar-refractivity contribution in [3.8, 4) is 0 Å². The van der Waals surface area contributed by atoms with Gasteiger partial charge in [0.2, 0.25) is 20.0 Å². The first-order valence-corrected chi connectivity index (χ1v) is 13.6. The fraction of sp³-hybridized carbons (Fsp3) is 0.333. The second-order valence-corrected chi connectivity index (χ2v) is 11.0. The van der Waals surface area contributed by atoms with E-state index in [1.807, 2.05) is 9.44 Å². The van der Waals surface area contributed by atoms with Gasteiger partial charge >= 0.3 is 12.1 Å². The van der Waals surface area contributed by atoms with Gasteiger partial charge in [-0.15, -0.1) is 0 Å². The average Bonchev–Trinajstić information content (AvgIpc) is 2.78. The number of hydrogen-bond donors (Lipinski definition) is 4. The molecule has 0 saturated heterocycles. The first-order chi connectivity index (χ1) is 16.5. The normalized spacial score (nSPS) is 11.5. The largest absolute Gasteiger partial charge is 0.384 e. The summed E-state index contributed by atoms with van der Waals surface area (Å²) in [5, 5.41) is 4.91. The monoisotopic (exact) mass is 528 g/mol. The molecule has 2 rings (SSSR count). The van der Waals surface area contributed by atoms with Gasteiger partial charge in [-0.25, -0.2) is 35.9 Å². The number of sulfonamides is 2. The highest BCUT2D eigenvalue weighted by Crippen LogP contribution is 2.16. The lowest BCUT2D eigenvalue weighted by atomic mass is 10.0. The molecule has 2 aromatic carbocycles. The number of carbonyl (C=O) groups excluding carboxylic acids is 2. The van der Waals surface area contributed by atoms with E-state index in [2.05, 4.69) is 10.6 Å². The van der Waals surface area contributed by atoms with Crippen molar-refractivity contribution in [2.24, 2.45) is 0 Å². The highest BCUT2D eigenvalue weighted by Gasteiger charge is 2.15. The molecule has 35 heavy (non-hydrogen) atoms. The topological polar surface area (TPSA) is 169 Å². The predicted octanol–water partition coefficient (Wildman–Crippen LogP) is 1.47. The summed E-state index contributed by atoms with van der Waals surface area (Å²) < 4.78 is 60.1. The summed E-state index contributed by atoms with van der Waals surface area (Å²) >= 11 is 0.